The third-order valence-electron chi connectivity index (χ3n) is 3.46. The lowest BCUT2D eigenvalue weighted by Gasteiger charge is -2.00. The van der Waals surface area contributed by atoms with Crippen molar-refractivity contribution in [2.24, 2.45) is 0 Å². The van der Waals surface area contributed by atoms with Gasteiger partial charge in [0.1, 0.15) is 5.75 Å². The number of rotatable bonds is 3. The maximum Gasteiger partial charge on any atom is 0.226 e. The zero-order chi connectivity index (χ0) is 14.9. The number of nitrogens with zero attached hydrogens (tertiary/aromatic N) is 2. The fourth-order valence-electron chi connectivity index (χ4n) is 2.28. The van der Waals surface area contributed by atoms with E-state index in [0.29, 0.717) is 5.89 Å². The van der Waals surface area contributed by atoms with Crippen molar-refractivity contribution in [2.45, 2.75) is 0 Å². The Morgan fingerprint density at radius 1 is 1.00 bits per heavy atom. The highest BCUT2D eigenvalue weighted by Gasteiger charge is 2.10. The molecular weight excluding hydrogens is 296 g/mol. The topological polar surface area (TPSA) is 48.2 Å². The first-order valence-corrected chi connectivity index (χ1v) is 7.65. The lowest BCUT2D eigenvalue weighted by atomic mass is 10.2. The second kappa shape index (κ2) is 5.27. The summed E-state index contributed by atoms with van der Waals surface area (Å²) in [5, 5.41) is 0. The number of hydrogen-bond acceptors (Lipinski definition) is 5. The number of methoxy groups -OCH3 is 1. The normalized spacial score (nSPS) is 11.0. The number of benzene rings is 2. The molecule has 108 valence electrons. The molecule has 0 spiro atoms. The monoisotopic (exact) mass is 308 g/mol. The molecule has 2 aromatic carbocycles. The van der Waals surface area contributed by atoms with Gasteiger partial charge in [-0.25, -0.2) is 9.97 Å². The summed E-state index contributed by atoms with van der Waals surface area (Å²) in [7, 11) is 1.65. The summed E-state index contributed by atoms with van der Waals surface area (Å²) < 4.78 is 12.2. The van der Waals surface area contributed by atoms with Crippen molar-refractivity contribution in [3.8, 4) is 28.5 Å². The molecule has 22 heavy (non-hydrogen) atoms. The molecule has 0 bridgehead atoms. The van der Waals surface area contributed by atoms with E-state index in [9.17, 15) is 0 Å². The van der Waals surface area contributed by atoms with Gasteiger partial charge in [0.15, 0.2) is 5.76 Å². The maximum atomic E-state index is 5.89. The molecule has 0 atom stereocenters. The Hall–Kier alpha value is -2.66. The molecule has 4 rings (SSSR count). The van der Waals surface area contributed by atoms with Crippen LogP contribution in [0.2, 0.25) is 0 Å². The van der Waals surface area contributed by atoms with Crippen molar-refractivity contribution in [1.29, 1.82) is 0 Å². The molecule has 0 fully saturated rings. The van der Waals surface area contributed by atoms with Gasteiger partial charge in [-0.15, -0.1) is 11.3 Å². The van der Waals surface area contributed by atoms with Gasteiger partial charge in [-0.05, 0) is 42.5 Å². The van der Waals surface area contributed by atoms with Crippen LogP contribution in [0, 0.1) is 0 Å². The minimum absolute atomic E-state index is 0.612. The molecule has 4 aromatic rings. The van der Waals surface area contributed by atoms with Gasteiger partial charge < -0.3 is 9.15 Å². The number of hydrogen-bond donors (Lipinski definition) is 0. The summed E-state index contributed by atoms with van der Waals surface area (Å²) in [6.07, 6.45) is 1.74. The molecule has 0 aliphatic rings. The molecule has 0 saturated heterocycles. The van der Waals surface area contributed by atoms with Crippen LogP contribution in [0.25, 0.3) is 33.0 Å². The Morgan fingerprint density at radius 3 is 2.64 bits per heavy atom. The molecule has 0 unspecified atom stereocenters. The van der Waals surface area contributed by atoms with Gasteiger partial charge in [0.2, 0.25) is 5.89 Å². The average Bonchev–Trinajstić information content (AvgIpc) is 3.23. The van der Waals surface area contributed by atoms with Crippen LogP contribution >= 0.6 is 11.3 Å². The van der Waals surface area contributed by atoms with Crippen LogP contribution in [0.15, 0.2) is 58.6 Å². The number of thiazole rings is 1. The molecule has 0 radical (unpaired) electrons. The van der Waals surface area contributed by atoms with E-state index in [1.807, 2.05) is 41.9 Å². The predicted molar refractivity (Wildman–Crippen MR) is 87.1 cm³/mol. The Labute approximate surface area is 131 Å². The first kappa shape index (κ1) is 13.0. The predicted octanol–water partition coefficient (Wildman–Crippen LogP) is 4.63. The van der Waals surface area contributed by atoms with Crippen LogP contribution in [0.4, 0.5) is 0 Å². The van der Waals surface area contributed by atoms with Crippen LogP contribution < -0.4 is 4.74 Å². The van der Waals surface area contributed by atoms with Gasteiger partial charge in [-0.1, -0.05) is 0 Å². The fourth-order valence-corrected chi connectivity index (χ4v) is 3.00. The molecule has 0 aliphatic carbocycles. The first-order chi connectivity index (χ1) is 10.8. The van der Waals surface area contributed by atoms with Gasteiger partial charge in [0.25, 0.3) is 0 Å². The maximum absolute atomic E-state index is 5.89. The van der Waals surface area contributed by atoms with E-state index >= 15 is 0 Å². The summed E-state index contributed by atoms with van der Waals surface area (Å²) in [5.41, 5.74) is 4.76. The smallest absolute Gasteiger partial charge is 0.226 e. The second-order valence-corrected chi connectivity index (χ2v) is 5.68. The van der Waals surface area contributed by atoms with Gasteiger partial charge in [0, 0.05) is 11.1 Å². The summed E-state index contributed by atoms with van der Waals surface area (Å²) >= 11 is 1.61. The van der Waals surface area contributed by atoms with Crippen molar-refractivity contribution < 1.29 is 9.15 Å². The van der Waals surface area contributed by atoms with Crippen LogP contribution in [0.3, 0.4) is 0 Å². The second-order valence-electron chi connectivity index (χ2n) is 4.79. The summed E-state index contributed by atoms with van der Waals surface area (Å²) in [5.74, 6) is 2.17. The summed E-state index contributed by atoms with van der Waals surface area (Å²) in [4.78, 5) is 8.66. The molecular formula is C17H12N2O2S. The SMILES string of the molecule is COc1ccc(-c2cnc(-c3ccc4ncsc4c3)o2)cc1. The van der Waals surface area contributed by atoms with E-state index in [1.54, 1.807) is 24.6 Å². The molecule has 0 saturated carbocycles. The van der Waals surface area contributed by atoms with Crippen molar-refractivity contribution in [3.63, 3.8) is 0 Å². The third-order valence-corrected chi connectivity index (χ3v) is 4.25. The zero-order valence-corrected chi connectivity index (χ0v) is 12.6. The number of oxazole rings is 1. The highest BCUT2D eigenvalue weighted by Crippen LogP contribution is 2.29. The molecule has 0 amide bonds. The number of ether oxygens (including phenoxy) is 1. The van der Waals surface area contributed by atoms with Crippen LogP contribution in [0.1, 0.15) is 0 Å². The Balaban J connectivity index is 1.70. The van der Waals surface area contributed by atoms with Crippen molar-refractivity contribution in [3.05, 3.63) is 54.2 Å². The largest absolute Gasteiger partial charge is 0.497 e. The quantitative estimate of drug-likeness (QED) is 0.554. The van der Waals surface area contributed by atoms with E-state index in [0.717, 1.165) is 32.9 Å². The van der Waals surface area contributed by atoms with Gasteiger partial charge in [-0.2, -0.15) is 0 Å². The lowest BCUT2D eigenvalue weighted by molar-refractivity contribution is 0.415. The van der Waals surface area contributed by atoms with Crippen LogP contribution in [-0.2, 0) is 0 Å². The number of aromatic nitrogens is 2. The van der Waals surface area contributed by atoms with Crippen molar-refractivity contribution >= 4 is 21.6 Å². The lowest BCUT2D eigenvalue weighted by Crippen LogP contribution is -1.81. The minimum Gasteiger partial charge on any atom is -0.497 e. The van der Waals surface area contributed by atoms with E-state index < -0.39 is 0 Å². The standard InChI is InChI=1S/C17H12N2O2S/c1-20-13-5-2-11(3-6-13)15-9-18-17(21-15)12-4-7-14-16(8-12)22-10-19-14/h2-10H,1H3. The van der Waals surface area contributed by atoms with E-state index in [2.05, 4.69) is 16.0 Å². The molecule has 0 N–H and O–H groups in total. The molecule has 2 aromatic heterocycles. The molecule has 2 heterocycles. The molecule has 4 nitrogen and oxygen atoms in total. The van der Waals surface area contributed by atoms with E-state index in [4.69, 9.17) is 9.15 Å². The van der Waals surface area contributed by atoms with Gasteiger partial charge in [0.05, 0.1) is 29.0 Å². The van der Waals surface area contributed by atoms with Crippen LogP contribution in [-0.4, -0.2) is 17.1 Å². The number of fused-ring (bicyclic) bond motifs is 1. The van der Waals surface area contributed by atoms with Gasteiger partial charge >= 0.3 is 0 Å². The van der Waals surface area contributed by atoms with E-state index in [-0.39, 0.29) is 0 Å². The molecule has 0 aliphatic heterocycles. The van der Waals surface area contributed by atoms with Crippen LogP contribution in [0.5, 0.6) is 5.75 Å². The first-order valence-electron chi connectivity index (χ1n) is 6.77. The Kier molecular flexibility index (Phi) is 3.12. The van der Waals surface area contributed by atoms with Crippen molar-refractivity contribution in [1.82, 2.24) is 9.97 Å². The Morgan fingerprint density at radius 2 is 1.82 bits per heavy atom. The zero-order valence-electron chi connectivity index (χ0n) is 11.8. The summed E-state index contributed by atoms with van der Waals surface area (Å²) in [6.45, 7) is 0. The highest BCUT2D eigenvalue weighted by atomic mass is 32.1. The highest BCUT2D eigenvalue weighted by molar-refractivity contribution is 7.16. The minimum atomic E-state index is 0.612. The average molecular weight is 308 g/mol. The van der Waals surface area contributed by atoms with Gasteiger partial charge in [-0.3, -0.25) is 0 Å². The third kappa shape index (κ3) is 2.25. The fraction of sp³-hybridized carbons (Fsp3) is 0.0588. The van der Waals surface area contributed by atoms with E-state index in [1.165, 1.54) is 0 Å². The van der Waals surface area contributed by atoms with Crippen molar-refractivity contribution in [2.75, 3.05) is 7.11 Å². The molecule has 5 heteroatoms. The summed E-state index contributed by atoms with van der Waals surface area (Å²) in [6, 6.07) is 13.7. The Bertz CT molecular complexity index is 925.